The summed E-state index contributed by atoms with van der Waals surface area (Å²) in [6, 6.07) is 5.84. The van der Waals surface area contributed by atoms with Crippen LogP contribution in [0.5, 0.6) is 0 Å². The van der Waals surface area contributed by atoms with Gasteiger partial charge in [-0.1, -0.05) is 6.92 Å². The zero-order chi connectivity index (χ0) is 11.0. The van der Waals surface area contributed by atoms with Gasteiger partial charge in [-0.15, -0.1) is 0 Å². The van der Waals surface area contributed by atoms with Gasteiger partial charge >= 0.3 is 0 Å². The van der Waals surface area contributed by atoms with Crippen LogP contribution in [-0.4, -0.2) is 23.9 Å². The maximum absolute atomic E-state index is 12.0. The van der Waals surface area contributed by atoms with Gasteiger partial charge < -0.3 is 4.90 Å². The van der Waals surface area contributed by atoms with E-state index >= 15 is 0 Å². The Hall–Kier alpha value is -0.100. The van der Waals surface area contributed by atoms with Crippen molar-refractivity contribution in [2.24, 2.45) is 5.92 Å². The molecule has 0 atom stereocenters. The Morgan fingerprint density at radius 1 is 1.53 bits per heavy atom. The molecule has 1 amide bonds. The van der Waals surface area contributed by atoms with Crippen LogP contribution in [0.4, 0.5) is 0 Å². The molecule has 1 aliphatic rings. The molecule has 1 heterocycles. The molecule has 0 aromatic heterocycles. The van der Waals surface area contributed by atoms with E-state index in [0.29, 0.717) is 5.92 Å². The first-order valence-corrected chi connectivity index (χ1v) is 6.69. The molecule has 0 saturated carbocycles. The van der Waals surface area contributed by atoms with Gasteiger partial charge in [0.05, 0.1) is 5.56 Å². The van der Waals surface area contributed by atoms with Gasteiger partial charge in [0, 0.05) is 21.1 Å². The van der Waals surface area contributed by atoms with E-state index in [9.17, 15) is 4.79 Å². The van der Waals surface area contributed by atoms with Crippen LogP contribution in [-0.2, 0) is 0 Å². The van der Waals surface area contributed by atoms with Crippen molar-refractivity contribution in [2.75, 3.05) is 13.1 Å². The van der Waals surface area contributed by atoms with Crippen molar-refractivity contribution in [2.45, 2.75) is 6.92 Å². The highest BCUT2D eigenvalue weighted by molar-refractivity contribution is 14.1. The van der Waals surface area contributed by atoms with Crippen molar-refractivity contribution in [3.05, 3.63) is 31.8 Å². The van der Waals surface area contributed by atoms with Crippen LogP contribution in [0, 0.1) is 9.49 Å². The van der Waals surface area contributed by atoms with Gasteiger partial charge in [0.2, 0.25) is 0 Å². The molecule has 15 heavy (non-hydrogen) atoms. The zero-order valence-electron chi connectivity index (χ0n) is 8.34. The molecule has 1 saturated heterocycles. The Balaban J connectivity index is 2.22. The number of likely N-dealkylation sites (tertiary alicyclic amines) is 1. The van der Waals surface area contributed by atoms with Crippen molar-refractivity contribution < 1.29 is 4.79 Å². The minimum atomic E-state index is 0.137. The number of amides is 1. The maximum Gasteiger partial charge on any atom is 0.255 e. The van der Waals surface area contributed by atoms with Crippen LogP contribution in [0.1, 0.15) is 17.3 Å². The molecule has 0 aliphatic carbocycles. The quantitative estimate of drug-likeness (QED) is 0.686. The van der Waals surface area contributed by atoms with Crippen molar-refractivity contribution in [1.82, 2.24) is 4.90 Å². The molecular formula is C11H11BrINO. The zero-order valence-corrected chi connectivity index (χ0v) is 12.1. The van der Waals surface area contributed by atoms with Crippen molar-refractivity contribution in [1.29, 1.82) is 0 Å². The molecule has 1 fully saturated rings. The molecule has 0 spiro atoms. The second-order valence-electron chi connectivity index (χ2n) is 3.94. The van der Waals surface area contributed by atoms with Gasteiger partial charge in [0.25, 0.3) is 5.91 Å². The Kier molecular flexibility index (Phi) is 3.35. The molecule has 1 aromatic rings. The fourth-order valence-electron chi connectivity index (χ4n) is 1.70. The minimum absolute atomic E-state index is 0.137. The molecule has 2 rings (SSSR count). The average molecular weight is 380 g/mol. The first-order chi connectivity index (χ1) is 7.08. The second kappa shape index (κ2) is 4.41. The highest BCUT2D eigenvalue weighted by atomic mass is 127. The van der Waals surface area contributed by atoms with Crippen LogP contribution >= 0.6 is 38.5 Å². The van der Waals surface area contributed by atoms with Crippen molar-refractivity contribution in [3.63, 3.8) is 0 Å². The van der Waals surface area contributed by atoms with E-state index in [2.05, 4.69) is 45.4 Å². The number of halogens is 2. The monoisotopic (exact) mass is 379 g/mol. The summed E-state index contributed by atoms with van der Waals surface area (Å²) in [6.45, 7) is 3.93. The largest absolute Gasteiger partial charge is 0.338 e. The summed E-state index contributed by atoms with van der Waals surface area (Å²) >= 11 is 5.64. The molecule has 0 unspecified atom stereocenters. The summed E-state index contributed by atoms with van der Waals surface area (Å²) in [6.07, 6.45) is 0. The molecule has 0 N–H and O–H groups in total. The van der Waals surface area contributed by atoms with Crippen molar-refractivity contribution in [3.8, 4) is 0 Å². The third-order valence-electron chi connectivity index (χ3n) is 2.51. The SMILES string of the molecule is CC1CN(C(=O)c2cc(I)ccc2Br)C1. The molecular weight excluding hydrogens is 369 g/mol. The van der Waals surface area contributed by atoms with Gasteiger partial charge in [-0.05, 0) is 62.6 Å². The lowest BCUT2D eigenvalue weighted by Gasteiger charge is -2.37. The smallest absolute Gasteiger partial charge is 0.255 e. The van der Waals surface area contributed by atoms with Crippen LogP contribution < -0.4 is 0 Å². The fraction of sp³-hybridized carbons (Fsp3) is 0.364. The van der Waals surface area contributed by atoms with Crippen LogP contribution in [0.2, 0.25) is 0 Å². The number of benzene rings is 1. The molecule has 0 radical (unpaired) electrons. The van der Waals surface area contributed by atoms with Crippen LogP contribution in [0.25, 0.3) is 0 Å². The predicted molar refractivity (Wildman–Crippen MR) is 71.9 cm³/mol. The van der Waals surface area contributed by atoms with Crippen molar-refractivity contribution >= 4 is 44.4 Å². The van der Waals surface area contributed by atoms with Gasteiger partial charge in [-0.2, -0.15) is 0 Å². The molecule has 1 aromatic carbocycles. The number of carbonyl (C=O) groups excluding carboxylic acids is 1. The molecule has 0 bridgehead atoms. The number of hydrogen-bond donors (Lipinski definition) is 0. The Bertz CT molecular complexity index is 402. The number of nitrogens with zero attached hydrogens (tertiary/aromatic N) is 1. The lowest BCUT2D eigenvalue weighted by Crippen LogP contribution is -2.48. The maximum atomic E-state index is 12.0. The summed E-state index contributed by atoms with van der Waals surface area (Å²) in [5.74, 6) is 0.786. The van der Waals surface area contributed by atoms with E-state index in [1.807, 2.05) is 23.1 Å². The minimum Gasteiger partial charge on any atom is -0.338 e. The van der Waals surface area contributed by atoms with E-state index in [4.69, 9.17) is 0 Å². The van der Waals surface area contributed by atoms with E-state index in [-0.39, 0.29) is 5.91 Å². The average Bonchev–Trinajstić information content (AvgIpc) is 2.16. The number of carbonyl (C=O) groups is 1. The second-order valence-corrected chi connectivity index (χ2v) is 6.04. The lowest BCUT2D eigenvalue weighted by molar-refractivity contribution is 0.0529. The van der Waals surface area contributed by atoms with Gasteiger partial charge in [0.1, 0.15) is 0 Å². The highest BCUT2D eigenvalue weighted by Gasteiger charge is 2.28. The topological polar surface area (TPSA) is 20.3 Å². The third kappa shape index (κ3) is 2.36. The summed E-state index contributed by atoms with van der Waals surface area (Å²) < 4.78 is 1.97. The lowest BCUT2D eigenvalue weighted by atomic mass is 10.0. The van der Waals surface area contributed by atoms with Gasteiger partial charge in [-0.25, -0.2) is 0 Å². The Labute approximate surface area is 111 Å². The Morgan fingerprint density at radius 3 is 2.80 bits per heavy atom. The summed E-state index contributed by atoms with van der Waals surface area (Å²) in [5.41, 5.74) is 0.772. The van der Waals surface area contributed by atoms with E-state index in [1.54, 1.807) is 0 Å². The summed E-state index contributed by atoms with van der Waals surface area (Å²) in [7, 11) is 0. The first-order valence-electron chi connectivity index (χ1n) is 4.82. The highest BCUT2D eigenvalue weighted by Crippen LogP contribution is 2.24. The first kappa shape index (κ1) is 11.4. The summed E-state index contributed by atoms with van der Waals surface area (Å²) in [4.78, 5) is 13.9. The van der Waals surface area contributed by atoms with Gasteiger partial charge in [0.15, 0.2) is 0 Å². The normalized spacial score (nSPS) is 16.3. The van der Waals surface area contributed by atoms with Crippen LogP contribution in [0.15, 0.2) is 22.7 Å². The van der Waals surface area contributed by atoms with E-state index in [1.165, 1.54) is 0 Å². The predicted octanol–water partition coefficient (Wildman–Crippen LogP) is 3.15. The molecule has 80 valence electrons. The number of hydrogen-bond acceptors (Lipinski definition) is 1. The fourth-order valence-corrected chi connectivity index (χ4v) is 2.60. The summed E-state index contributed by atoms with van der Waals surface area (Å²) in [5, 5.41) is 0. The number of rotatable bonds is 1. The molecule has 4 heteroatoms. The van der Waals surface area contributed by atoms with E-state index in [0.717, 1.165) is 26.7 Å². The van der Waals surface area contributed by atoms with E-state index < -0.39 is 0 Å². The van der Waals surface area contributed by atoms with Gasteiger partial charge in [-0.3, -0.25) is 4.79 Å². The standard InChI is InChI=1S/C11H11BrINO/c1-7-5-14(6-7)11(15)9-4-8(13)2-3-10(9)12/h2-4,7H,5-6H2,1H3. The molecule has 2 nitrogen and oxygen atoms in total. The molecule has 1 aliphatic heterocycles. The Morgan fingerprint density at radius 2 is 2.20 bits per heavy atom. The van der Waals surface area contributed by atoms with Crippen LogP contribution in [0.3, 0.4) is 0 Å². The third-order valence-corrected chi connectivity index (χ3v) is 3.87.